The number of allylic oxidation sites excluding steroid dienone is 2. The highest BCUT2D eigenvalue weighted by atomic mass is 16.5. The Morgan fingerprint density at radius 1 is 1.02 bits per heavy atom. The molecule has 224 valence electrons. The minimum absolute atomic E-state index is 0.0855. The molecule has 1 unspecified atom stereocenters. The Hall–Kier alpha value is -1.99. The molecular weight excluding hydrogens is 508 g/mol. The Kier molecular flexibility index (Phi) is 8.03. The Bertz CT molecular complexity index is 1130. The highest BCUT2D eigenvalue weighted by Crippen LogP contribution is 2.75. The summed E-state index contributed by atoms with van der Waals surface area (Å²) in [5, 5.41) is 33.7. The third-order valence-electron chi connectivity index (χ3n) is 12.4. The fourth-order valence-electron chi connectivity index (χ4n) is 10.3. The molecule has 0 aliphatic heterocycles. The van der Waals surface area contributed by atoms with Crippen LogP contribution in [0, 0.1) is 39.9 Å². The number of Topliss-reactive ketones (excluding diaryl/α,β-unsaturated/α-hetero) is 1. The lowest BCUT2D eigenvalue weighted by Gasteiger charge is -2.69. The van der Waals surface area contributed by atoms with E-state index in [1.54, 1.807) is 0 Å². The second-order valence-corrected chi connectivity index (χ2v) is 14.4. The topological polar surface area (TPSA) is 121 Å². The molecule has 0 amide bonds. The molecule has 7 nitrogen and oxygen atoms in total. The number of ketones is 1. The highest BCUT2D eigenvalue weighted by molar-refractivity contribution is 5.88. The molecule has 3 N–H and O–H groups in total. The number of rotatable bonds is 6. The third kappa shape index (κ3) is 4.50. The Balaban J connectivity index is 1.81. The number of hydrogen-bond donors (Lipinski definition) is 3. The molecule has 0 saturated heterocycles. The van der Waals surface area contributed by atoms with Crippen molar-refractivity contribution in [3.63, 3.8) is 0 Å². The Morgan fingerprint density at radius 2 is 1.68 bits per heavy atom. The van der Waals surface area contributed by atoms with Crippen molar-refractivity contribution in [2.24, 2.45) is 39.9 Å². The van der Waals surface area contributed by atoms with Crippen LogP contribution in [0.25, 0.3) is 0 Å². The second-order valence-electron chi connectivity index (χ2n) is 14.4. The predicted molar refractivity (Wildman–Crippen MR) is 152 cm³/mol. The number of esters is 1. The minimum atomic E-state index is -1.34. The summed E-state index contributed by atoms with van der Waals surface area (Å²) in [5.41, 5.74) is -0.260. The zero-order valence-electron chi connectivity index (χ0n) is 25.7. The van der Waals surface area contributed by atoms with Gasteiger partial charge in [0.25, 0.3) is 0 Å². The second kappa shape index (κ2) is 10.4. The van der Waals surface area contributed by atoms with Gasteiger partial charge in [0.15, 0.2) is 5.78 Å². The molecule has 10 atom stereocenters. The maximum atomic E-state index is 12.7. The number of aliphatic carboxylic acids is 1. The van der Waals surface area contributed by atoms with Gasteiger partial charge in [-0.25, -0.2) is 4.79 Å². The van der Waals surface area contributed by atoms with Gasteiger partial charge in [-0.15, -0.1) is 0 Å². The highest BCUT2D eigenvalue weighted by Gasteiger charge is 2.71. The largest absolute Gasteiger partial charge is 0.478 e. The summed E-state index contributed by atoms with van der Waals surface area (Å²) in [5.74, 6) is -2.04. The quantitative estimate of drug-likeness (QED) is 0.220. The first-order valence-electron chi connectivity index (χ1n) is 15.1. The standard InChI is InChI=1S/C33H50O7/c1-18(2)10-9-11-22(29(37)38)27-24-16-25(36)28-30(6)14-15-33(39,20(4)34)19(3)23(30)12-13-31(28,7)32(24,8)17-26(27)40-21(5)35/h10,19,23-26,28,36,39H,9,11-17H2,1-8H3,(H,37,38)/t19-,23?,24+,25+,26-,28+,30-,31-,32-,33+/m0/s1. The number of carbonyl (C=O) groups is 3. The van der Waals surface area contributed by atoms with E-state index in [0.717, 1.165) is 18.4 Å². The van der Waals surface area contributed by atoms with Crippen LogP contribution in [0.1, 0.15) is 107 Å². The van der Waals surface area contributed by atoms with Crippen molar-refractivity contribution in [1.29, 1.82) is 0 Å². The molecule has 7 heteroatoms. The van der Waals surface area contributed by atoms with E-state index in [4.69, 9.17) is 4.74 Å². The van der Waals surface area contributed by atoms with Crippen molar-refractivity contribution in [1.82, 2.24) is 0 Å². The van der Waals surface area contributed by atoms with Crippen LogP contribution >= 0.6 is 0 Å². The van der Waals surface area contributed by atoms with Crippen LogP contribution in [0.5, 0.6) is 0 Å². The molecule has 4 aliphatic rings. The number of aliphatic hydroxyl groups is 2. The van der Waals surface area contributed by atoms with Gasteiger partial charge in [-0.05, 0) is 118 Å². The van der Waals surface area contributed by atoms with Gasteiger partial charge in [-0.2, -0.15) is 0 Å². The summed E-state index contributed by atoms with van der Waals surface area (Å²) < 4.78 is 5.87. The number of carboxylic acid groups (broad SMARTS) is 1. The first kappa shape index (κ1) is 31.0. The van der Waals surface area contributed by atoms with Crippen molar-refractivity contribution < 1.29 is 34.4 Å². The molecule has 4 rings (SSSR count). The smallest absolute Gasteiger partial charge is 0.331 e. The summed E-state index contributed by atoms with van der Waals surface area (Å²) in [6, 6.07) is 0. The van der Waals surface area contributed by atoms with Crippen molar-refractivity contribution in [3.05, 3.63) is 22.8 Å². The molecule has 0 bridgehead atoms. The first-order valence-corrected chi connectivity index (χ1v) is 15.1. The van der Waals surface area contributed by atoms with Crippen molar-refractivity contribution in [3.8, 4) is 0 Å². The predicted octanol–water partition coefficient (Wildman–Crippen LogP) is 5.63. The van der Waals surface area contributed by atoms with Crippen molar-refractivity contribution in [2.45, 2.75) is 125 Å². The molecular formula is C33H50O7. The molecule has 4 aliphatic carbocycles. The van der Waals surface area contributed by atoms with E-state index >= 15 is 0 Å². The lowest BCUT2D eigenvalue weighted by Crippen LogP contribution is -2.67. The monoisotopic (exact) mass is 558 g/mol. The lowest BCUT2D eigenvalue weighted by molar-refractivity contribution is -0.244. The van der Waals surface area contributed by atoms with E-state index in [1.807, 2.05) is 26.8 Å². The molecule has 40 heavy (non-hydrogen) atoms. The average Bonchev–Trinajstić information content (AvgIpc) is 3.10. The van der Waals surface area contributed by atoms with E-state index in [0.29, 0.717) is 49.7 Å². The van der Waals surface area contributed by atoms with Crippen LogP contribution in [-0.2, 0) is 19.1 Å². The van der Waals surface area contributed by atoms with Crippen molar-refractivity contribution in [2.75, 3.05) is 0 Å². The van der Waals surface area contributed by atoms with E-state index in [9.17, 15) is 29.7 Å². The van der Waals surface area contributed by atoms with E-state index in [1.165, 1.54) is 13.8 Å². The fourth-order valence-corrected chi connectivity index (χ4v) is 10.3. The van der Waals surface area contributed by atoms with E-state index in [2.05, 4.69) is 20.8 Å². The molecule has 0 aromatic carbocycles. The van der Waals surface area contributed by atoms with Gasteiger partial charge in [-0.3, -0.25) is 9.59 Å². The summed E-state index contributed by atoms with van der Waals surface area (Å²) in [4.78, 5) is 37.5. The molecule has 4 fully saturated rings. The zero-order chi connectivity index (χ0) is 30.0. The van der Waals surface area contributed by atoms with Gasteiger partial charge < -0.3 is 20.1 Å². The number of aliphatic hydroxyl groups excluding tert-OH is 1. The van der Waals surface area contributed by atoms with Gasteiger partial charge in [0, 0.05) is 12.5 Å². The van der Waals surface area contributed by atoms with Gasteiger partial charge in [0.1, 0.15) is 11.7 Å². The zero-order valence-corrected chi connectivity index (χ0v) is 25.7. The van der Waals surface area contributed by atoms with Crippen LogP contribution in [0.4, 0.5) is 0 Å². The van der Waals surface area contributed by atoms with E-state index < -0.39 is 35.2 Å². The third-order valence-corrected chi connectivity index (χ3v) is 12.4. The van der Waals surface area contributed by atoms with Gasteiger partial charge in [-0.1, -0.05) is 39.3 Å². The maximum Gasteiger partial charge on any atom is 0.331 e. The summed E-state index contributed by atoms with van der Waals surface area (Å²) in [7, 11) is 0. The van der Waals surface area contributed by atoms with Gasteiger partial charge in [0.05, 0.1) is 6.10 Å². The van der Waals surface area contributed by atoms with Gasteiger partial charge >= 0.3 is 11.9 Å². The minimum Gasteiger partial charge on any atom is -0.478 e. The summed E-state index contributed by atoms with van der Waals surface area (Å²) >= 11 is 0. The van der Waals surface area contributed by atoms with Crippen molar-refractivity contribution >= 4 is 17.7 Å². The average molecular weight is 559 g/mol. The molecule has 0 heterocycles. The van der Waals surface area contributed by atoms with E-state index in [-0.39, 0.29) is 40.3 Å². The fraction of sp³-hybridized carbons (Fsp3) is 0.788. The van der Waals surface area contributed by atoms with Crippen LogP contribution < -0.4 is 0 Å². The number of hydrogen-bond acceptors (Lipinski definition) is 6. The molecule has 4 saturated carbocycles. The lowest BCUT2D eigenvalue weighted by atomic mass is 9.35. The summed E-state index contributed by atoms with van der Waals surface area (Å²) in [6.07, 6.45) is 5.23. The van der Waals surface area contributed by atoms with Crippen LogP contribution in [-0.4, -0.2) is 50.9 Å². The number of carboxylic acids is 1. The Morgan fingerprint density at radius 3 is 2.23 bits per heavy atom. The molecule has 0 aromatic heterocycles. The van der Waals surface area contributed by atoms with Crippen LogP contribution in [0.2, 0.25) is 0 Å². The number of carbonyl (C=O) groups excluding carboxylic acids is 2. The molecule has 0 radical (unpaired) electrons. The SMILES string of the molecule is CC(=O)O[C@H]1C[C@@]2(C)[C@H](C[C@@H](O)[C@@H]3[C@@]4(C)CC[C@](O)(C(C)=O)[C@@H](C)C4CC[C@@]32C)C1=C(CCC=C(C)C)C(=O)O. The molecule has 0 spiro atoms. The molecule has 0 aromatic rings. The Labute approximate surface area is 239 Å². The normalized spacial score (nSPS) is 45.5. The van der Waals surface area contributed by atoms with Gasteiger partial charge in [0.2, 0.25) is 0 Å². The first-order chi connectivity index (χ1) is 18.4. The number of ether oxygens (including phenoxy) is 1. The van der Waals surface area contributed by atoms with Crippen LogP contribution in [0.3, 0.4) is 0 Å². The van der Waals surface area contributed by atoms with Crippen LogP contribution in [0.15, 0.2) is 22.8 Å². The maximum absolute atomic E-state index is 12.7. The number of fused-ring (bicyclic) bond motifs is 5. The summed E-state index contributed by atoms with van der Waals surface area (Å²) in [6.45, 7) is 15.5.